The molecule has 1 fully saturated rings. The van der Waals surface area contributed by atoms with Crippen LogP contribution in [0.25, 0.3) is 0 Å². The normalized spacial score (nSPS) is 27.8. The number of likely N-dealkylation sites (tertiary alicyclic amines) is 1. The van der Waals surface area contributed by atoms with Gasteiger partial charge in [0.25, 0.3) is 0 Å². The third-order valence-electron chi connectivity index (χ3n) is 3.31. The Balaban J connectivity index is 2.56. The van der Waals surface area contributed by atoms with Gasteiger partial charge in [0.1, 0.15) is 0 Å². The van der Waals surface area contributed by atoms with Gasteiger partial charge in [-0.05, 0) is 32.1 Å². The molecule has 0 aliphatic carbocycles. The molecule has 0 spiro atoms. The van der Waals surface area contributed by atoms with Crippen LogP contribution < -0.4 is 11.3 Å². The fourth-order valence-electron chi connectivity index (χ4n) is 2.75. The summed E-state index contributed by atoms with van der Waals surface area (Å²) in [6.45, 7) is 11.4. The molecule has 1 saturated heterocycles. The van der Waals surface area contributed by atoms with Crippen LogP contribution in [0.5, 0.6) is 0 Å². The maximum atomic E-state index is 11.6. The second-order valence-corrected chi connectivity index (χ2v) is 6.00. The summed E-state index contributed by atoms with van der Waals surface area (Å²) in [7, 11) is 0. The van der Waals surface area contributed by atoms with Gasteiger partial charge in [0.2, 0.25) is 5.91 Å². The van der Waals surface area contributed by atoms with E-state index in [2.05, 4.69) is 24.2 Å². The Kier molecular flexibility index (Phi) is 4.33. The number of piperidine rings is 1. The first-order chi connectivity index (χ1) is 7.35. The van der Waals surface area contributed by atoms with Crippen LogP contribution in [0.3, 0.4) is 0 Å². The molecular formula is C12H25N3O. The van der Waals surface area contributed by atoms with Crippen LogP contribution >= 0.6 is 0 Å². The lowest BCUT2D eigenvalue weighted by Crippen LogP contribution is -2.50. The molecule has 2 atom stereocenters. The van der Waals surface area contributed by atoms with Gasteiger partial charge in [-0.25, -0.2) is 5.84 Å². The van der Waals surface area contributed by atoms with Crippen molar-refractivity contribution in [3.63, 3.8) is 0 Å². The van der Waals surface area contributed by atoms with Crippen molar-refractivity contribution in [2.75, 3.05) is 19.6 Å². The molecule has 3 N–H and O–H groups in total. The van der Waals surface area contributed by atoms with Crippen molar-refractivity contribution < 1.29 is 4.79 Å². The van der Waals surface area contributed by atoms with Crippen molar-refractivity contribution >= 4 is 5.91 Å². The monoisotopic (exact) mass is 227 g/mol. The number of amides is 1. The lowest BCUT2D eigenvalue weighted by Gasteiger charge is -2.38. The molecule has 2 unspecified atom stereocenters. The van der Waals surface area contributed by atoms with Gasteiger partial charge in [0, 0.05) is 19.6 Å². The van der Waals surface area contributed by atoms with Gasteiger partial charge < -0.3 is 4.90 Å². The summed E-state index contributed by atoms with van der Waals surface area (Å²) in [5.74, 6) is 6.56. The maximum Gasteiger partial charge on any atom is 0.240 e. The zero-order chi connectivity index (χ0) is 12.3. The van der Waals surface area contributed by atoms with Crippen molar-refractivity contribution in [2.24, 2.45) is 23.1 Å². The van der Waals surface area contributed by atoms with Gasteiger partial charge in [-0.3, -0.25) is 10.2 Å². The minimum Gasteiger partial charge on any atom is -0.302 e. The third kappa shape index (κ3) is 3.46. The fourth-order valence-corrected chi connectivity index (χ4v) is 2.75. The highest BCUT2D eigenvalue weighted by molar-refractivity contribution is 5.81. The van der Waals surface area contributed by atoms with E-state index in [1.165, 1.54) is 6.42 Å². The van der Waals surface area contributed by atoms with E-state index in [1.54, 1.807) is 0 Å². The van der Waals surface area contributed by atoms with E-state index in [1.807, 2.05) is 13.8 Å². The predicted molar refractivity (Wildman–Crippen MR) is 65.5 cm³/mol. The van der Waals surface area contributed by atoms with E-state index in [0.29, 0.717) is 0 Å². The minimum absolute atomic E-state index is 0.0848. The molecular weight excluding hydrogens is 202 g/mol. The molecule has 94 valence electrons. The molecule has 4 nitrogen and oxygen atoms in total. The molecule has 0 aromatic carbocycles. The number of hydrogen-bond donors (Lipinski definition) is 2. The van der Waals surface area contributed by atoms with E-state index in [0.717, 1.165) is 31.5 Å². The quantitative estimate of drug-likeness (QED) is 0.429. The number of nitrogens with zero attached hydrogens (tertiary/aromatic N) is 1. The number of nitrogens with two attached hydrogens (primary N) is 1. The highest BCUT2D eigenvalue weighted by Gasteiger charge is 2.32. The average Bonchev–Trinajstić information content (AvgIpc) is 2.13. The van der Waals surface area contributed by atoms with Gasteiger partial charge in [0.05, 0.1) is 5.41 Å². The Morgan fingerprint density at radius 2 is 1.88 bits per heavy atom. The number of rotatable bonds is 3. The molecule has 0 aromatic heterocycles. The second kappa shape index (κ2) is 5.15. The molecule has 1 heterocycles. The molecule has 1 amide bonds. The van der Waals surface area contributed by atoms with Gasteiger partial charge in [-0.2, -0.15) is 0 Å². The fraction of sp³-hybridized carbons (Fsp3) is 0.917. The highest BCUT2D eigenvalue weighted by atomic mass is 16.2. The Labute approximate surface area is 98.5 Å². The smallest absolute Gasteiger partial charge is 0.240 e. The zero-order valence-corrected chi connectivity index (χ0v) is 10.9. The van der Waals surface area contributed by atoms with E-state index in [9.17, 15) is 4.79 Å². The Morgan fingerprint density at radius 1 is 1.38 bits per heavy atom. The highest BCUT2D eigenvalue weighted by Crippen LogP contribution is 2.25. The van der Waals surface area contributed by atoms with Crippen LogP contribution in [0.15, 0.2) is 0 Å². The van der Waals surface area contributed by atoms with Crippen molar-refractivity contribution in [1.82, 2.24) is 10.3 Å². The summed E-state index contributed by atoms with van der Waals surface area (Å²) in [4.78, 5) is 14.0. The van der Waals surface area contributed by atoms with Crippen LogP contribution in [0, 0.1) is 17.3 Å². The van der Waals surface area contributed by atoms with Crippen molar-refractivity contribution in [2.45, 2.75) is 34.1 Å². The summed E-state index contributed by atoms with van der Waals surface area (Å²) in [6, 6.07) is 0. The molecule has 0 bridgehead atoms. The van der Waals surface area contributed by atoms with Crippen molar-refractivity contribution in [3.8, 4) is 0 Å². The van der Waals surface area contributed by atoms with Crippen LogP contribution in [0.4, 0.5) is 0 Å². The minimum atomic E-state index is -0.411. The molecule has 1 aliphatic rings. The summed E-state index contributed by atoms with van der Waals surface area (Å²) in [5.41, 5.74) is 1.84. The van der Waals surface area contributed by atoms with E-state index >= 15 is 0 Å². The zero-order valence-electron chi connectivity index (χ0n) is 10.9. The first-order valence-corrected chi connectivity index (χ1v) is 6.08. The lowest BCUT2D eigenvalue weighted by atomic mass is 9.87. The second-order valence-electron chi connectivity index (χ2n) is 6.00. The number of hydrogen-bond acceptors (Lipinski definition) is 3. The van der Waals surface area contributed by atoms with Crippen LogP contribution in [0.1, 0.15) is 34.1 Å². The summed E-state index contributed by atoms with van der Waals surface area (Å²) < 4.78 is 0. The molecule has 4 heteroatoms. The molecule has 1 aliphatic heterocycles. The molecule has 0 saturated carbocycles. The number of carbonyl (C=O) groups excluding carboxylic acids is 1. The van der Waals surface area contributed by atoms with Gasteiger partial charge >= 0.3 is 0 Å². The summed E-state index contributed by atoms with van der Waals surface area (Å²) in [5, 5.41) is 0. The van der Waals surface area contributed by atoms with E-state index < -0.39 is 5.41 Å². The summed E-state index contributed by atoms with van der Waals surface area (Å²) >= 11 is 0. The van der Waals surface area contributed by atoms with Gasteiger partial charge in [0.15, 0.2) is 0 Å². The maximum absolute atomic E-state index is 11.6. The predicted octanol–water partition coefficient (Wildman–Crippen LogP) is 0.980. The SMILES string of the molecule is CC1CC(C)CN(CC(C)(C)C(=O)NN)C1. The summed E-state index contributed by atoms with van der Waals surface area (Å²) in [6.07, 6.45) is 1.29. The van der Waals surface area contributed by atoms with E-state index in [4.69, 9.17) is 5.84 Å². The molecule has 0 aromatic rings. The van der Waals surface area contributed by atoms with Crippen molar-refractivity contribution in [1.29, 1.82) is 0 Å². The first-order valence-electron chi connectivity index (χ1n) is 6.08. The molecule has 1 rings (SSSR count). The van der Waals surface area contributed by atoms with E-state index in [-0.39, 0.29) is 5.91 Å². The Bertz CT molecular complexity index is 243. The third-order valence-corrected chi connectivity index (χ3v) is 3.31. The standard InChI is InChI=1S/C12H25N3O/c1-9-5-10(2)7-15(6-9)8-12(3,4)11(16)14-13/h9-10H,5-8,13H2,1-4H3,(H,14,16). The topological polar surface area (TPSA) is 58.4 Å². The largest absolute Gasteiger partial charge is 0.302 e. The number of carbonyl (C=O) groups is 1. The van der Waals surface area contributed by atoms with Gasteiger partial charge in [-0.1, -0.05) is 13.8 Å². The van der Waals surface area contributed by atoms with Crippen LogP contribution in [0.2, 0.25) is 0 Å². The average molecular weight is 227 g/mol. The molecule has 16 heavy (non-hydrogen) atoms. The lowest BCUT2D eigenvalue weighted by molar-refractivity contribution is -0.130. The number of nitrogens with one attached hydrogen (secondary N) is 1. The number of hydrazine groups is 1. The van der Waals surface area contributed by atoms with Crippen LogP contribution in [-0.4, -0.2) is 30.4 Å². The Hall–Kier alpha value is -0.610. The van der Waals surface area contributed by atoms with Crippen molar-refractivity contribution in [3.05, 3.63) is 0 Å². The van der Waals surface area contributed by atoms with Crippen LogP contribution in [-0.2, 0) is 4.79 Å². The molecule has 0 radical (unpaired) electrons. The Morgan fingerprint density at radius 3 is 2.31 bits per heavy atom. The first kappa shape index (κ1) is 13.5. The van der Waals surface area contributed by atoms with Gasteiger partial charge in [-0.15, -0.1) is 0 Å².